The highest BCUT2D eigenvalue weighted by Crippen LogP contribution is 2.36. The maximum atomic E-state index is 13.4. The normalized spacial score (nSPS) is 11.4. The molecule has 0 amide bonds. The Morgan fingerprint density at radius 1 is 1.00 bits per heavy atom. The number of nitrogens with zero attached hydrogens (tertiary/aromatic N) is 1. The molecule has 7 heteroatoms. The van der Waals surface area contributed by atoms with Crippen LogP contribution in [0.2, 0.25) is 5.02 Å². The summed E-state index contributed by atoms with van der Waals surface area (Å²) in [5.41, 5.74) is 1.80. The Labute approximate surface area is 180 Å². The molecule has 0 atom stereocenters. The Kier molecular flexibility index (Phi) is 5.61. The lowest BCUT2D eigenvalue weighted by molar-refractivity contribution is 0.340. The van der Waals surface area contributed by atoms with E-state index in [2.05, 4.69) is 10.3 Å². The van der Waals surface area contributed by atoms with Crippen molar-refractivity contribution in [1.82, 2.24) is 4.98 Å². The largest absolute Gasteiger partial charge is 0.494 e. The second-order valence-electron chi connectivity index (χ2n) is 6.56. The number of aromatic nitrogens is 1. The lowest BCUT2D eigenvalue weighted by atomic mass is 10.1. The highest BCUT2D eigenvalue weighted by molar-refractivity contribution is 7.91. The molecule has 0 saturated heterocycles. The fraction of sp³-hybridized carbons (Fsp3) is 0.0870. The third-order valence-electron chi connectivity index (χ3n) is 4.57. The second kappa shape index (κ2) is 8.34. The van der Waals surface area contributed by atoms with Crippen LogP contribution in [0.1, 0.15) is 6.92 Å². The molecule has 1 heterocycles. The second-order valence-corrected chi connectivity index (χ2v) is 8.91. The van der Waals surface area contributed by atoms with Gasteiger partial charge in [0.15, 0.2) is 0 Å². The minimum absolute atomic E-state index is 0.0878. The van der Waals surface area contributed by atoms with Crippen LogP contribution in [0.4, 0.5) is 11.4 Å². The smallest absolute Gasteiger partial charge is 0.210 e. The highest BCUT2D eigenvalue weighted by Gasteiger charge is 2.24. The first-order chi connectivity index (χ1) is 14.5. The van der Waals surface area contributed by atoms with Crippen LogP contribution in [0.25, 0.3) is 10.9 Å². The summed E-state index contributed by atoms with van der Waals surface area (Å²) < 4.78 is 32.5. The van der Waals surface area contributed by atoms with Gasteiger partial charge in [0.2, 0.25) is 9.84 Å². The van der Waals surface area contributed by atoms with Crippen molar-refractivity contribution in [3.8, 4) is 5.75 Å². The fourth-order valence-corrected chi connectivity index (χ4v) is 4.66. The van der Waals surface area contributed by atoms with Crippen LogP contribution in [-0.4, -0.2) is 20.0 Å². The zero-order chi connectivity index (χ0) is 21.1. The van der Waals surface area contributed by atoms with Crippen LogP contribution in [-0.2, 0) is 9.84 Å². The molecule has 0 radical (unpaired) electrons. The first-order valence-corrected chi connectivity index (χ1v) is 11.2. The molecule has 4 rings (SSSR count). The predicted octanol–water partition coefficient (Wildman–Crippen LogP) is 5.86. The van der Waals surface area contributed by atoms with Crippen molar-refractivity contribution in [2.45, 2.75) is 16.7 Å². The van der Waals surface area contributed by atoms with E-state index < -0.39 is 9.84 Å². The molecule has 0 aliphatic carbocycles. The van der Waals surface area contributed by atoms with Gasteiger partial charge in [-0.25, -0.2) is 8.42 Å². The van der Waals surface area contributed by atoms with Crippen molar-refractivity contribution in [3.05, 3.63) is 84.0 Å². The first-order valence-electron chi connectivity index (χ1n) is 9.37. The molecule has 152 valence electrons. The molecule has 1 aromatic heterocycles. The zero-order valence-corrected chi connectivity index (χ0v) is 17.7. The number of anilines is 2. The molecule has 30 heavy (non-hydrogen) atoms. The number of halogens is 1. The Morgan fingerprint density at radius 2 is 1.73 bits per heavy atom. The molecule has 0 unspecified atom stereocenters. The number of hydrogen-bond donors (Lipinski definition) is 1. The number of fused-ring (bicyclic) bond motifs is 1. The van der Waals surface area contributed by atoms with Gasteiger partial charge in [-0.15, -0.1) is 0 Å². The molecule has 4 aromatic rings. The van der Waals surface area contributed by atoms with E-state index in [1.807, 2.05) is 19.1 Å². The number of pyridine rings is 1. The number of sulfone groups is 1. The zero-order valence-electron chi connectivity index (χ0n) is 16.2. The molecule has 0 aliphatic rings. The number of hydrogen-bond acceptors (Lipinski definition) is 5. The van der Waals surface area contributed by atoms with E-state index in [1.54, 1.807) is 60.7 Å². The van der Waals surface area contributed by atoms with Crippen molar-refractivity contribution in [2.24, 2.45) is 0 Å². The summed E-state index contributed by atoms with van der Waals surface area (Å²) in [6.45, 7) is 2.40. The summed E-state index contributed by atoms with van der Waals surface area (Å²) in [7, 11) is -3.81. The maximum Gasteiger partial charge on any atom is 0.210 e. The monoisotopic (exact) mass is 438 g/mol. The molecular weight excluding hydrogens is 420 g/mol. The molecule has 0 saturated carbocycles. The van der Waals surface area contributed by atoms with Crippen molar-refractivity contribution in [2.75, 3.05) is 11.9 Å². The van der Waals surface area contributed by atoms with E-state index >= 15 is 0 Å². The highest BCUT2D eigenvalue weighted by atomic mass is 35.5. The molecule has 0 fully saturated rings. The van der Waals surface area contributed by atoms with Gasteiger partial charge in [-0.05, 0) is 61.5 Å². The summed E-state index contributed by atoms with van der Waals surface area (Å²) in [5.74, 6) is 0.639. The van der Waals surface area contributed by atoms with E-state index in [1.165, 1.54) is 6.20 Å². The van der Waals surface area contributed by atoms with Gasteiger partial charge >= 0.3 is 0 Å². The first kappa shape index (κ1) is 20.2. The Balaban J connectivity index is 1.95. The minimum atomic E-state index is -3.81. The molecular formula is C23H19ClN2O3S. The summed E-state index contributed by atoms with van der Waals surface area (Å²) in [4.78, 5) is 4.68. The van der Waals surface area contributed by atoms with Crippen molar-refractivity contribution in [1.29, 1.82) is 0 Å². The topological polar surface area (TPSA) is 68.3 Å². The van der Waals surface area contributed by atoms with Gasteiger partial charge in [0.25, 0.3) is 0 Å². The standard InChI is InChI=1S/C23H19ClN2O3S/c1-2-29-18-12-13-21-20(14-18)23(26-17-10-8-16(24)9-11-17)22(15-25-21)30(27,28)19-6-4-3-5-7-19/h3-15H,2H2,1H3,(H,25,26). The van der Waals surface area contributed by atoms with Gasteiger partial charge in [-0.2, -0.15) is 0 Å². The molecule has 0 aliphatic heterocycles. The average Bonchev–Trinajstić information content (AvgIpc) is 2.76. The summed E-state index contributed by atoms with van der Waals surface area (Å²) in [6, 6.07) is 20.8. The van der Waals surface area contributed by atoms with Crippen LogP contribution >= 0.6 is 11.6 Å². The minimum Gasteiger partial charge on any atom is -0.494 e. The average molecular weight is 439 g/mol. The van der Waals surface area contributed by atoms with Crippen LogP contribution < -0.4 is 10.1 Å². The number of benzene rings is 3. The Morgan fingerprint density at radius 3 is 2.43 bits per heavy atom. The maximum absolute atomic E-state index is 13.4. The molecule has 5 nitrogen and oxygen atoms in total. The number of ether oxygens (including phenoxy) is 1. The van der Waals surface area contributed by atoms with Gasteiger partial charge < -0.3 is 10.1 Å². The van der Waals surface area contributed by atoms with Gasteiger partial charge in [-0.3, -0.25) is 4.98 Å². The van der Waals surface area contributed by atoms with Crippen molar-refractivity contribution in [3.63, 3.8) is 0 Å². The molecule has 3 aromatic carbocycles. The van der Waals surface area contributed by atoms with E-state index in [0.29, 0.717) is 39.7 Å². The van der Waals surface area contributed by atoms with Gasteiger partial charge in [0.1, 0.15) is 10.6 Å². The predicted molar refractivity (Wildman–Crippen MR) is 120 cm³/mol. The number of rotatable bonds is 6. The van der Waals surface area contributed by atoms with Gasteiger partial charge in [0.05, 0.1) is 22.7 Å². The third kappa shape index (κ3) is 3.97. The summed E-state index contributed by atoms with van der Waals surface area (Å²) in [6.07, 6.45) is 1.39. The number of nitrogens with one attached hydrogen (secondary N) is 1. The van der Waals surface area contributed by atoms with E-state index in [4.69, 9.17) is 16.3 Å². The van der Waals surface area contributed by atoms with Crippen LogP contribution in [0.5, 0.6) is 5.75 Å². The van der Waals surface area contributed by atoms with Crippen LogP contribution in [0.15, 0.2) is 88.8 Å². The Bertz CT molecular complexity index is 1290. The Hall–Kier alpha value is -3.09. The SMILES string of the molecule is CCOc1ccc2ncc(S(=O)(=O)c3ccccc3)c(Nc3ccc(Cl)cc3)c2c1. The van der Waals surface area contributed by atoms with Crippen molar-refractivity contribution >= 4 is 43.7 Å². The van der Waals surface area contributed by atoms with Crippen LogP contribution in [0, 0.1) is 0 Å². The summed E-state index contributed by atoms with van der Waals surface area (Å²) >= 11 is 6.00. The van der Waals surface area contributed by atoms with Crippen molar-refractivity contribution < 1.29 is 13.2 Å². The third-order valence-corrected chi connectivity index (χ3v) is 6.61. The van der Waals surface area contributed by atoms with Crippen LogP contribution in [0.3, 0.4) is 0 Å². The van der Waals surface area contributed by atoms with E-state index in [0.717, 1.165) is 0 Å². The van der Waals surface area contributed by atoms with E-state index in [9.17, 15) is 8.42 Å². The quantitative estimate of drug-likeness (QED) is 0.408. The lowest BCUT2D eigenvalue weighted by Crippen LogP contribution is -2.07. The molecule has 0 spiro atoms. The molecule has 1 N–H and O–H groups in total. The van der Waals surface area contributed by atoms with Gasteiger partial charge in [-0.1, -0.05) is 29.8 Å². The molecule has 0 bridgehead atoms. The lowest BCUT2D eigenvalue weighted by Gasteiger charge is -2.16. The summed E-state index contributed by atoms with van der Waals surface area (Å²) in [5, 5.41) is 4.49. The fourth-order valence-electron chi connectivity index (χ4n) is 3.15. The van der Waals surface area contributed by atoms with E-state index in [-0.39, 0.29) is 9.79 Å². The van der Waals surface area contributed by atoms with Gasteiger partial charge in [0, 0.05) is 22.3 Å².